The van der Waals surface area contributed by atoms with Gasteiger partial charge in [-0.05, 0) is 44.8 Å². The molecule has 0 aromatic heterocycles. The SMILES string of the molecule is CCOc1ccc(CC(=O)N2Cc3ccccc3OC[C@@H]2CN(C)C)cc1. The van der Waals surface area contributed by atoms with Crippen LogP contribution in [0.2, 0.25) is 0 Å². The monoisotopic (exact) mass is 368 g/mol. The molecule has 2 aromatic carbocycles. The fourth-order valence-corrected chi connectivity index (χ4v) is 3.37. The van der Waals surface area contributed by atoms with Gasteiger partial charge in [-0.3, -0.25) is 4.79 Å². The molecule has 0 saturated carbocycles. The fraction of sp³-hybridized carbons (Fsp3) is 0.409. The Morgan fingerprint density at radius 3 is 2.63 bits per heavy atom. The molecule has 1 aliphatic heterocycles. The van der Waals surface area contributed by atoms with E-state index >= 15 is 0 Å². The molecular formula is C22H28N2O3. The third-order valence-corrected chi connectivity index (χ3v) is 4.67. The molecule has 0 spiro atoms. The lowest BCUT2D eigenvalue weighted by Crippen LogP contribution is -2.47. The van der Waals surface area contributed by atoms with E-state index in [2.05, 4.69) is 4.90 Å². The van der Waals surface area contributed by atoms with E-state index in [4.69, 9.17) is 9.47 Å². The van der Waals surface area contributed by atoms with Gasteiger partial charge < -0.3 is 19.3 Å². The second-order valence-corrected chi connectivity index (χ2v) is 7.11. The summed E-state index contributed by atoms with van der Waals surface area (Å²) in [7, 11) is 4.04. The lowest BCUT2D eigenvalue weighted by molar-refractivity contribution is -0.134. The molecule has 0 radical (unpaired) electrons. The minimum Gasteiger partial charge on any atom is -0.494 e. The van der Waals surface area contributed by atoms with Gasteiger partial charge in [-0.2, -0.15) is 0 Å². The molecule has 27 heavy (non-hydrogen) atoms. The van der Waals surface area contributed by atoms with Crippen LogP contribution in [0, 0.1) is 0 Å². The third kappa shape index (κ3) is 5.01. The van der Waals surface area contributed by atoms with E-state index in [9.17, 15) is 4.79 Å². The predicted octanol–water partition coefficient (Wildman–Crippen LogP) is 2.98. The molecule has 1 heterocycles. The summed E-state index contributed by atoms with van der Waals surface area (Å²) in [6.07, 6.45) is 0.374. The topological polar surface area (TPSA) is 42.0 Å². The van der Waals surface area contributed by atoms with Crippen molar-refractivity contribution in [2.75, 3.05) is 33.9 Å². The first kappa shape index (κ1) is 19.2. The fourth-order valence-electron chi connectivity index (χ4n) is 3.37. The molecule has 2 aromatic rings. The number of para-hydroxylation sites is 1. The van der Waals surface area contributed by atoms with Crippen molar-refractivity contribution in [2.24, 2.45) is 0 Å². The lowest BCUT2D eigenvalue weighted by Gasteiger charge is -2.31. The molecule has 1 atom stereocenters. The number of likely N-dealkylation sites (N-methyl/N-ethyl adjacent to an activating group) is 1. The number of ether oxygens (including phenoxy) is 2. The van der Waals surface area contributed by atoms with Crippen molar-refractivity contribution in [1.29, 1.82) is 0 Å². The normalized spacial score (nSPS) is 16.4. The molecule has 1 amide bonds. The highest BCUT2D eigenvalue weighted by atomic mass is 16.5. The number of hydrogen-bond acceptors (Lipinski definition) is 4. The molecule has 0 unspecified atom stereocenters. The molecule has 5 nitrogen and oxygen atoms in total. The van der Waals surface area contributed by atoms with E-state index in [0.29, 0.717) is 26.2 Å². The van der Waals surface area contributed by atoms with Crippen LogP contribution in [0.1, 0.15) is 18.1 Å². The maximum Gasteiger partial charge on any atom is 0.227 e. The average molecular weight is 368 g/mol. The van der Waals surface area contributed by atoms with Gasteiger partial charge in [0.1, 0.15) is 18.1 Å². The number of carbonyl (C=O) groups is 1. The zero-order chi connectivity index (χ0) is 19.2. The number of carbonyl (C=O) groups excluding carboxylic acids is 1. The largest absolute Gasteiger partial charge is 0.494 e. The van der Waals surface area contributed by atoms with Gasteiger partial charge in [-0.25, -0.2) is 0 Å². The number of rotatable bonds is 6. The van der Waals surface area contributed by atoms with Gasteiger partial charge in [-0.15, -0.1) is 0 Å². The Hall–Kier alpha value is -2.53. The highest BCUT2D eigenvalue weighted by molar-refractivity contribution is 5.79. The van der Waals surface area contributed by atoms with E-state index in [1.807, 2.05) is 74.4 Å². The first-order chi connectivity index (χ1) is 13.1. The predicted molar refractivity (Wildman–Crippen MR) is 106 cm³/mol. The zero-order valence-corrected chi connectivity index (χ0v) is 16.4. The van der Waals surface area contributed by atoms with Crippen LogP contribution in [0.4, 0.5) is 0 Å². The Balaban J connectivity index is 1.77. The molecule has 0 N–H and O–H groups in total. The van der Waals surface area contributed by atoms with Crippen LogP contribution in [0.3, 0.4) is 0 Å². The summed E-state index contributed by atoms with van der Waals surface area (Å²) in [5.74, 6) is 1.82. The number of benzene rings is 2. The molecule has 144 valence electrons. The lowest BCUT2D eigenvalue weighted by atomic mass is 10.1. The average Bonchev–Trinajstić information content (AvgIpc) is 2.83. The summed E-state index contributed by atoms with van der Waals surface area (Å²) in [5, 5.41) is 0. The van der Waals surface area contributed by atoms with E-state index in [1.165, 1.54) is 0 Å². The third-order valence-electron chi connectivity index (χ3n) is 4.67. The van der Waals surface area contributed by atoms with Crippen LogP contribution in [0.25, 0.3) is 0 Å². The van der Waals surface area contributed by atoms with Gasteiger partial charge in [0.15, 0.2) is 0 Å². The van der Waals surface area contributed by atoms with E-state index in [0.717, 1.165) is 29.2 Å². The van der Waals surface area contributed by atoms with Crippen LogP contribution >= 0.6 is 0 Å². The van der Waals surface area contributed by atoms with Crippen molar-refractivity contribution in [3.05, 3.63) is 59.7 Å². The van der Waals surface area contributed by atoms with Crippen molar-refractivity contribution in [3.8, 4) is 11.5 Å². The van der Waals surface area contributed by atoms with Crippen LogP contribution in [0.15, 0.2) is 48.5 Å². The molecule has 5 heteroatoms. The molecule has 0 aliphatic carbocycles. The van der Waals surface area contributed by atoms with Gasteiger partial charge in [-0.1, -0.05) is 30.3 Å². The molecular weight excluding hydrogens is 340 g/mol. The number of fused-ring (bicyclic) bond motifs is 1. The second-order valence-electron chi connectivity index (χ2n) is 7.11. The Labute approximate surface area is 161 Å². The summed E-state index contributed by atoms with van der Waals surface area (Å²) in [4.78, 5) is 17.2. The van der Waals surface area contributed by atoms with Gasteiger partial charge >= 0.3 is 0 Å². The van der Waals surface area contributed by atoms with E-state index in [1.54, 1.807) is 0 Å². The summed E-state index contributed by atoms with van der Waals surface area (Å²) in [6.45, 7) is 4.44. The van der Waals surface area contributed by atoms with Gasteiger partial charge in [0, 0.05) is 18.7 Å². The smallest absolute Gasteiger partial charge is 0.227 e. The van der Waals surface area contributed by atoms with Crippen LogP contribution in [-0.4, -0.2) is 55.6 Å². The van der Waals surface area contributed by atoms with Crippen molar-refractivity contribution >= 4 is 5.91 Å². The highest BCUT2D eigenvalue weighted by Crippen LogP contribution is 2.25. The summed E-state index contributed by atoms with van der Waals surface area (Å²) >= 11 is 0. The van der Waals surface area contributed by atoms with E-state index in [-0.39, 0.29) is 11.9 Å². The minimum absolute atomic E-state index is 0.0163. The van der Waals surface area contributed by atoms with Crippen molar-refractivity contribution in [3.63, 3.8) is 0 Å². The Morgan fingerprint density at radius 2 is 1.93 bits per heavy atom. The Morgan fingerprint density at radius 1 is 1.19 bits per heavy atom. The van der Waals surface area contributed by atoms with Gasteiger partial charge in [0.25, 0.3) is 0 Å². The maximum absolute atomic E-state index is 13.2. The molecule has 0 saturated heterocycles. The number of nitrogens with zero attached hydrogens (tertiary/aromatic N) is 2. The Kier molecular flexibility index (Phi) is 6.35. The Bertz CT molecular complexity index is 758. The van der Waals surface area contributed by atoms with Crippen molar-refractivity contribution < 1.29 is 14.3 Å². The molecule has 3 rings (SSSR count). The standard InChI is InChI=1S/C22H28N2O3/c1-4-26-20-11-9-17(10-12-20)13-22(25)24-14-18-7-5-6-8-21(18)27-16-19(24)15-23(2)3/h5-12,19H,4,13-16H2,1-3H3/t19-/m0/s1. The zero-order valence-electron chi connectivity index (χ0n) is 16.4. The molecule has 0 bridgehead atoms. The summed E-state index contributed by atoms with van der Waals surface area (Å²) < 4.78 is 11.5. The quantitative estimate of drug-likeness (QED) is 0.786. The summed E-state index contributed by atoms with van der Waals surface area (Å²) in [6, 6.07) is 15.8. The molecule has 0 fully saturated rings. The van der Waals surface area contributed by atoms with E-state index < -0.39 is 0 Å². The minimum atomic E-state index is 0.0163. The van der Waals surface area contributed by atoms with Crippen LogP contribution in [-0.2, 0) is 17.8 Å². The first-order valence-corrected chi connectivity index (χ1v) is 9.43. The number of amides is 1. The van der Waals surface area contributed by atoms with Crippen molar-refractivity contribution in [1.82, 2.24) is 9.80 Å². The second kappa shape index (κ2) is 8.91. The maximum atomic E-state index is 13.2. The van der Waals surface area contributed by atoms with Crippen LogP contribution < -0.4 is 9.47 Å². The van der Waals surface area contributed by atoms with Crippen molar-refractivity contribution in [2.45, 2.75) is 25.9 Å². The summed E-state index contributed by atoms with van der Waals surface area (Å²) in [5.41, 5.74) is 2.05. The highest BCUT2D eigenvalue weighted by Gasteiger charge is 2.29. The molecule has 1 aliphatic rings. The van der Waals surface area contributed by atoms with Gasteiger partial charge in [0.2, 0.25) is 5.91 Å². The van der Waals surface area contributed by atoms with Crippen LogP contribution in [0.5, 0.6) is 11.5 Å². The van der Waals surface area contributed by atoms with Gasteiger partial charge in [0.05, 0.1) is 19.1 Å². The number of hydrogen-bond donors (Lipinski definition) is 0. The first-order valence-electron chi connectivity index (χ1n) is 9.43.